The van der Waals surface area contributed by atoms with Crippen molar-refractivity contribution in [3.8, 4) is 5.75 Å². The van der Waals surface area contributed by atoms with E-state index in [1.54, 1.807) is 7.11 Å². The molecule has 0 aliphatic rings. The number of methoxy groups -OCH3 is 1. The molecule has 0 radical (unpaired) electrons. The van der Waals surface area contributed by atoms with Gasteiger partial charge in [0.25, 0.3) is 0 Å². The van der Waals surface area contributed by atoms with Gasteiger partial charge in [-0.05, 0) is 30.7 Å². The molecule has 0 fully saturated rings. The number of rotatable bonds is 3. The van der Waals surface area contributed by atoms with E-state index < -0.39 is 0 Å². The second kappa shape index (κ2) is 5.25. The third-order valence-electron chi connectivity index (χ3n) is 3.50. The van der Waals surface area contributed by atoms with E-state index in [0.717, 1.165) is 11.3 Å². The van der Waals surface area contributed by atoms with E-state index in [9.17, 15) is 0 Å². The summed E-state index contributed by atoms with van der Waals surface area (Å²) in [7, 11) is 1.68. The molecule has 0 amide bonds. The number of aryl methyl sites for hydroxylation is 1. The lowest BCUT2D eigenvalue weighted by Crippen LogP contribution is -1.81. The number of H-pyrrole nitrogens is 1. The summed E-state index contributed by atoms with van der Waals surface area (Å²) in [5.41, 5.74) is 4.78. The number of aromatic amines is 1. The molecule has 0 saturated carbocycles. The zero-order chi connectivity index (χ0) is 13.9. The fourth-order valence-electron chi connectivity index (χ4n) is 2.41. The first-order valence-corrected chi connectivity index (χ1v) is 6.67. The van der Waals surface area contributed by atoms with Gasteiger partial charge >= 0.3 is 0 Å². The Morgan fingerprint density at radius 1 is 0.950 bits per heavy atom. The van der Waals surface area contributed by atoms with Crippen LogP contribution in [0.1, 0.15) is 16.8 Å². The maximum absolute atomic E-state index is 5.17. The van der Waals surface area contributed by atoms with E-state index in [1.165, 1.54) is 22.2 Å². The van der Waals surface area contributed by atoms with Crippen LogP contribution in [0.3, 0.4) is 0 Å². The highest BCUT2D eigenvalue weighted by Crippen LogP contribution is 2.24. The highest BCUT2D eigenvalue weighted by molar-refractivity contribution is 5.93. The second-order valence-electron chi connectivity index (χ2n) is 4.82. The van der Waals surface area contributed by atoms with Gasteiger partial charge in [-0.15, -0.1) is 0 Å². The van der Waals surface area contributed by atoms with Crippen molar-refractivity contribution in [3.05, 3.63) is 65.4 Å². The van der Waals surface area contributed by atoms with Crippen LogP contribution in [0.25, 0.3) is 23.1 Å². The summed E-state index contributed by atoms with van der Waals surface area (Å²) in [4.78, 5) is 3.41. The lowest BCUT2D eigenvalue weighted by atomic mass is 10.1. The maximum atomic E-state index is 5.17. The topological polar surface area (TPSA) is 25.0 Å². The molecule has 1 N–H and O–H groups in total. The Hall–Kier alpha value is -2.48. The lowest BCUT2D eigenvalue weighted by molar-refractivity contribution is 0.415. The molecule has 2 aromatic carbocycles. The summed E-state index contributed by atoms with van der Waals surface area (Å²) in [6.45, 7) is 2.10. The van der Waals surface area contributed by atoms with Crippen LogP contribution in [0, 0.1) is 6.92 Å². The fraction of sp³-hybridized carbons (Fsp3) is 0.111. The maximum Gasteiger partial charge on any atom is 0.118 e. The number of fused-ring (bicyclic) bond motifs is 1. The van der Waals surface area contributed by atoms with Crippen molar-refractivity contribution >= 4 is 23.1 Å². The van der Waals surface area contributed by atoms with Crippen LogP contribution in [0.15, 0.2) is 48.5 Å². The Bertz CT molecular complexity index is 751. The molecule has 1 aromatic heterocycles. The van der Waals surface area contributed by atoms with Crippen molar-refractivity contribution in [2.24, 2.45) is 0 Å². The van der Waals surface area contributed by atoms with Crippen molar-refractivity contribution in [3.63, 3.8) is 0 Å². The Labute approximate surface area is 118 Å². The van der Waals surface area contributed by atoms with E-state index in [4.69, 9.17) is 4.74 Å². The number of hydrogen-bond donors (Lipinski definition) is 1. The molecule has 0 aliphatic carbocycles. The molecule has 2 heteroatoms. The Kier molecular flexibility index (Phi) is 3.30. The van der Waals surface area contributed by atoms with Gasteiger partial charge in [0.2, 0.25) is 0 Å². The van der Waals surface area contributed by atoms with E-state index in [0.29, 0.717) is 0 Å². The van der Waals surface area contributed by atoms with Gasteiger partial charge in [-0.25, -0.2) is 0 Å². The molecule has 1 heterocycles. The van der Waals surface area contributed by atoms with Crippen LogP contribution < -0.4 is 4.74 Å². The third kappa shape index (κ3) is 2.32. The quantitative estimate of drug-likeness (QED) is 0.730. The SMILES string of the molecule is COc1ccc(/C=C/c2c(C)[nH]c3ccccc23)cc1. The first-order chi connectivity index (χ1) is 9.78. The van der Waals surface area contributed by atoms with E-state index >= 15 is 0 Å². The number of hydrogen-bond acceptors (Lipinski definition) is 1. The highest BCUT2D eigenvalue weighted by atomic mass is 16.5. The molecule has 3 rings (SSSR count). The second-order valence-corrected chi connectivity index (χ2v) is 4.82. The molecular weight excluding hydrogens is 246 g/mol. The van der Waals surface area contributed by atoms with Crippen LogP contribution in [0.2, 0.25) is 0 Å². The van der Waals surface area contributed by atoms with Crippen molar-refractivity contribution in [2.45, 2.75) is 6.92 Å². The van der Waals surface area contributed by atoms with Crippen LogP contribution in [0.5, 0.6) is 5.75 Å². The number of aromatic nitrogens is 1. The lowest BCUT2D eigenvalue weighted by Gasteiger charge is -1.99. The molecule has 0 saturated heterocycles. The molecule has 3 aromatic rings. The largest absolute Gasteiger partial charge is 0.497 e. The van der Waals surface area contributed by atoms with Crippen molar-refractivity contribution in [1.29, 1.82) is 0 Å². The molecule has 2 nitrogen and oxygen atoms in total. The minimum atomic E-state index is 0.880. The van der Waals surface area contributed by atoms with Crippen molar-refractivity contribution in [2.75, 3.05) is 7.11 Å². The normalized spacial score (nSPS) is 11.3. The summed E-state index contributed by atoms with van der Waals surface area (Å²) >= 11 is 0. The van der Waals surface area contributed by atoms with Gasteiger partial charge in [-0.3, -0.25) is 0 Å². The zero-order valence-corrected chi connectivity index (χ0v) is 11.7. The van der Waals surface area contributed by atoms with Crippen LogP contribution in [-0.4, -0.2) is 12.1 Å². The number of para-hydroxylation sites is 1. The van der Waals surface area contributed by atoms with E-state index in [-0.39, 0.29) is 0 Å². The van der Waals surface area contributed by atoms with Crippen molar-refractivity contribution in [1.82, 2.24) is 4.98 Å². The van der Waals surface area contributed by atoms with Crippen molar-refractivity contribution < 1.29 is 4.74 Å². The number of ether oxygens (including phenoxy) is 1. The van der Waals surface area contributed by atoms with Crippen LogP contribution in [0.4, 0.5) is 0 Å². The Morgan fingerprint density at radius 3 is 2.45 bits per heavy atom. The Balaban J connectivity index is 1.95. The predicted molar refractivity (Wildman–Crippen MR) is 85.0 cm³/mol. The first-order valence-electron chi connectivity index (χ1n) is 6.67. The smallest absolute Gasteiger partial charge is 0.118 e. The van der Waals surface area contributed by atoms with Gasteiger partial charge in [0.1, 0.15) is 5.75 Å². The first kappa shape index (κ1) is 12.5. The van der Waals surface area contributed by atoms with Gasteiger partial charge in [0, 0.05) is 22.2 Å². The minimum Gasteiger partial charge on any atom is -0.497 e. The molecular formula is C18H17NO. The summed E-state index contributed by atoms with van der Waals surface area (Å²) in [5, 5.41) is 1.26. The average molecular weight is 263 g/mol. The van der Waals surface area contributed by atoms with Gasteiger partial charge in [0.05, 0.1) is 7.11 Å². The molecule has 100 valence electrons. The minimum absolute atomic E-state index is 0.880. The zero-order valence-electron chi connectivity index (χ0n) is 11.7. The molecule has 0 unspecified atom stereocenters. The third-order valence-corrected chi connectivity index (χ3v) is 3.50. The van der Waals surface area contributed by atoms with Gasteiger partial charge in [0.15, 0.2) is 0 Å². The summed E-state index contributed by atoms with van der Waals surface area (Å²) in [5.74, 6) is 0.880. The molecule has 0 spiro atoms. The summed E-state index contributed by atoms with van der Waals surface area (Å²) in [6.07, 6.45) is 4.29. The highest BCUT2D eigenvalue weighted by Gasteiger charge is 2.04. The van der Waals surface area contributed by atoms with Crippen LogP contribution in [-0.2, 0) is 0 Å². The number of nitrogens with one attached hydrogen (secondary N) is 1. The van der Waals surface area contributed by atoms with E-state index in [2.05, 4.69) is 60.5 Å². The monoisotopic (exact) mass is 263 g/mol. The van der Waals surface area contributed by atoms with Gasteiger partial charge in [-0.1, -0.05) is 42.5 Å². The summed E-state index contributed by atoms with van der Waals surface area (Å²) in [6, 6.07) is 16.4. The van der Waals surface area contributed by atoms with Gasteiger partial charge in [-0.2, -0.15) is 0 Å². The molecule has 0 atom stereocenters. The number of benzene rings is 2. The van der Waals surface area contributed by atoms with Crippen LogP contribution >= 0.6 is 0 Å². The van der Waals surface area contributed by atoms with E-state index in [1.807, 2.05) is 12.1 Å². The standard InChI is InChI=1S/C18H17NO/c1-13-16(17-5-3-4-6-18(17)19-13)12-9-14-7-10-15(20-2)11-8-14/h3-12,19H,1-2H3/b12-9+. The fourth-order valence-corrected chi connectivity index (χ4v) is 2.41. The van der Waals surface area contributed by atoms with Gasteiger partial charge < -0.3 is 9.72 Å². The predicted octanol–water partition coefficient (Wildman–Crippen LogP) is 4.66. The average Bonchev–Trinajstić information content (AvgIpc) is 2.81. The Morgan fingerprint density at radius 2 is 1.70 bits per heavy atom. The molecule has 0 aliphatic heterocycles. The summed E-state index contributed by atoms with van der Waals surface area (Å²) < 4.78 is 5.17. The molecule has 20 heavy (non-hydrogen) atoms. The molecule has 0 bridgehead atoms.